The largest absolute Gasteiger partial charge is 0.259 e. The Morgan fingerprint density at radius 2 is 2.00 bits per heavy atom. The second-order valence-electron chi connectivity index (χ2n) is 4.33. The Balaban J connectivity index is 2.09. The highest BCUT2D eigenvalue weighted by atomic mass is 35.5. The number of rotatable bonds is 7. The molecule has 2 rings (SSSR count). The molecule has 2 aromatic rings. The number of thiazole rings is 1. The first-order valence-electron chi connectivity index (χ1n) is 6.29. The van der Waals surface area contributed by atoms with E-state index in [2.05, 4.69) is 9.71 Å². The minimum absolute atomic E-state index is 0.0424. The normalized spacial score (nSPS) is 11.5. The molecule has 114 valence electrons. The van der Waals surface area contributed by atoms with Crippen molar-refractivity contribution in [2.24, 2.45) is 0 Å². The minimum atomic E-state index is -3.38. The number of benzene rings is 1. The Morgan fingerprint density at radius 1 is 1.24 bits per heavy atom. The van der Waals surface area contributed by atoms with E-state index < -0.39 is 10.0 Å². The third kappa shape index (κ3) is 4.85. The summed E-state index contributed by atoms with van der Waals surface area (Å²) >= 11 is 12.9. The van der Waals surface area contributed by atoms with Crippen molar-refractivity contribution in [3.05, 3.63) is 34.7 Å². The van der Waals surface area contributed by atoms with Crippen LogP contribution in [0.4, 0.5) is 5.13 Å². The average Bonchev–Trinajstić information content (AvgIpc) is 2.87. The number of unbranched alkanes of at least 4 members (excludes halogenated alkanes) is 1. The van der Waals surface area contributed by atoms with Crippen LogP contribution in [0.3, 0.4) is 0 Å². The molecule has 0 saturated heterocycles. The molecule has 1 aromatic heterocycles. The van der Waals surface area contributed by atoms with Crippen LogP contribution in [-0.4, -0.2) is 25.0 Å². The molecule has 0 fully saturated rings. The predicted molar refractivity (Wildman–Crippen MR) is 89.9 cm³/mol. The first kappa shape index (κ1) is 16.5. The monoisotopic (exact) mass is 364 g/mol. The van der Waals surface area contributed by atoms with E-state index in [1.165, 1.54) is 11.3 Å². The fraction of sp³-hybridized carbons (Fsp3) is 0.308. The predicted octanol–water partition coefficient (Wildman–Crippen LogP) is 4.22. The van der Waals surface area contributed by atoms with E-state index in [-0.39, 0.29) is 5.75 Å². The van der Waals surface area contributed by atoms with Crippen molar-refractivity contribution in [1.29, 1.82) is 0 Å². The van der Waals surface area contributed by atoms with Crippen LogP contribution in [0, 0.1) is 0 Å². The molecule has 4 nitrogen and oxygen atoms in total. The Hall–Kier alpha value is -0.820. The zero-order valence-corrected chi connectivity index (χ0v) is 14.2. The third-order valence-electron chi connectivity index (χ3n) is 2.69. The van der Waals surface area contributed by atoms with Gasteiger partial charge in [-0.15, -0.1) is 22.9 Å². The quantitative estimate of drug-likeness (QED) is 0.590. The molecular weight excluding hydrogens is 351 g/mol. The number of halogens is 2. The molecule has 0 unspecified atom stereocenters. The Morgan fingerprint density at radius 3 is 2.71 bits per heavy atom. The Bertz CT molecular complexity index is 702. The van der Waals surface area contributed by atoms with Crippen LogP contribution in [0.25, 0.3) is 11.3 Å². The van der Waals surface area contributed by atoms with Crippen molar-refractivity contribution in [2.45, 2.75) is 12.8 Å². The van der Waals surface area contributed by atoms with Gasteiger partial charge in [-0.25, -0.2) is 13.4 Å². The van der Waals surface area contributed by atoms with Gasteiger partial charge >= 0.3 is 0 Å². The van der Waals surface area contributed by atoms with Gasteiger partial charge in [-0.1, -0.05) is 29.8 Å². The van der Waals surface area contributed by atoms with Gasteiger partial charge in [0.1, 0.15) is 0 Å². The Kier molecular flexibility index (Phi) is 5.87. The van der Waals surface area contributed by atoms with Gasteiger partial charge in [-0.2, -0.15) is 0 Å². The fourth-order valence-corrected chi connectivity index (χ4v) is 4.23. The topological polar surface area (TPSA) is 59.1 Å². The van der Waals surface area contributed by atoms with Crippen LogP contribution in [0.1, 0.15) is 12.8 Å². The molecule has 21 heavy (non-hydrogen) atoms. The molecule has 0 aliphatic carbocycles. The van der Waals surface area contributed by atoms with E-state index in [9.17, 15) is 8.42 Å². The van der Waals surface area contributed by atoms with Crippen molar-refractivity contribution in [2.75, 3.05) is 16.4 Å². The van der Waals surface area contributed by atoms with E-state index in [4.69, 9.17) is 23.2 Å². The highest BCUT2D eigenvalue weighted by molar-refractivity contribution is 7.92. The third-order valence-corrected chi connectivity index (χ3v) is 5.51. The molecule has 1 aromatic carbocycles. The molecule has 0 amide bonds. The van der Waals surface area contributed by atoms with Gasteiger partial charge in [0.05, 0.1) is 11.4 Å². The number of nitrogens with zero attached hydrogens (tertiary/aromatic N) is 1. The van der Waals surface area contributed by atoms with Crippen LogP contribution >= 0.6 is 34.5 Å². The minimum Gasteiger partial charge on any atom is -0.259 e. The van der Waals surface area contributed by atoms with E-state index in [1.54, 1.807) is 11.4 Å². The van der Waals surface area contributed by atoms with Crippen molar-refractivity contribution in [1.82, 2.24) is 4.98 Å². The summed E-state index contributed by atoms with van der Waals surface area (Å²) < 4.78 is 26.2. The molecule has 0 radical (unpaired) electrons. The summed E-state index contributed by atoms with van der Waals surface area (Å²) in [5.41, 5.74) is 1.44. The van der Waals surface area contributed by atoms with Crippen LogP contribution in [0.15, 0.2) is 29.6 Å². The van der Waals surface area contributed by atoms with Gasteiger partial charge in [0.15, 0.2) is 5.13 Å². The maximum absolute atomic E-state index is 11.9. The summed E-state index contributed by atoms with van der Waals surface area (Å²) in [7, 11) is -3.38. The van der Waals surface area contributed by atoms with Crippen molar-refractivity contribution in [3.63, 3.8) is 0 Å². The lowest BCUT2D eigenvalue weighted by atomic mass is 10.2. The molecule has 0 aliphatic rings. The summed E-state index contributed by atoms with van der Waals surface area (Å²) in [5, 5.41) is 2.70. The number of hydrogen-bond acceptors (Lipinski definition) is 4. The summed E-state index contributed by atoms with van der Waals surface area (Å²) in [6.45, 7) is 0. The van der Waals surface area contributed by atoms with E-state index in [0.717, 1.165) is 5.56 Å². The summed E-state index contributed by atoms with van der Waals surface area (Å²) in [4.78, 5) is 4.27. The van der Waals surface area contributed by atoms with Gasteiger partial charge in [0, 0.05) is 21.8 Å². The maximum Gasteiger partial charge on any atom is 0.234 e. The molecule has 1 N–H and O–H groups in total. The van der Waals surface area contributed by atoms with Crippen molar-refractivity contribution >= 4 is 49.7 Å². The van der Waals surface area contributed by atoms with Gasteiger partial charge < -0.3 is 0 Å². The van der Waals surface area contributed by atoms with Crippen LogP contribution in [-0.2, 0) is 10.0 Å². The lowest BCUT2D eigenvalue weighted by Crippen LogP contribution is -2.16. The number of sulfonamides is 1. The van der Waals surface area contributed by atoms with E-state index in [0.29, 0.717) is 34.6 Å². The molecule has 0 saturated carbocycles. The summed E-state index contributed by atoms with van der Waals surface area (Å²) in [6.07, 6.45) is 1.20. The molecular formula is C13H14Cl2N2O2S2. The number of anilines is 1. The summed E-state index contributed by atoms with van der Waals surface area (Å²) in [6, 6.07) is 7.30. The first-order valence-corrected chi connectivity index (χ1v) is 9.73. The number of hydrogen-bond donors (Lipinski definition) is 1. The second-order valence-corrected chi connectivity index (χ2v) is 7.82. The SMILES string of the molecule is O=S(=O)(CCCCCl)Nc1nc(-c2ccccc2Cl)cs1. The highest BCUT2D eigenvalue weighted by Gasteiger charge is 2.14. The van der Waals surface area contributed by atoms with Gasteiger partial charge in [0.25, 0.3) is 0 Å². The van der Waals surface area contributed by atoms with Crippen molar-refractivity contribution < 1.29 is 8.42 Å². The van der Waals surface area contributed by atoms with Crippen LogP contribution < -0.4 is 4.72 Å². The van der Waals surface area contributed by atoms with Gasteiger partial charge in [-0.3, -0.25) is 4.72 Å². The number of aromatic nitrogens is 1. The first-order chi connectivity index (χ1) is 10.0. The molecule has 0 bridgehead atoms. The standard InChI is InChI=1S/C13H14Cl2N2O2S2/c14-7-3-4-8-21(18,19)17-13-16-12(9-20-13)10-5-1-2-6-11(10)15/h1-2,5-6,9H,3-4,7-8H2,(H,16,17). The fourth-order valence-electron chi connectivity index (χ4n) is 1.68. The molecule has 0 spiro atoms. The number of alkyl halides is 1. The molecule has 0 atom stereocenters. The van der Waals surface area contributed by atoms with Gasteiger partial charge in [0.2, 0.25) is 10.0 Å². The zero-order valence-electron chi connectivity index (χ0n) is 11.1. The van der Waals surface area contributed by atoms with E-state index in [1.807, 2.05) is 18.2 Å². The van der Waals surface area contributed by atoms with Crippen LogP contribution in [0.5, 0.6) is 0 Å². The average molecular weight is 365 g/mol. The number of nitrogens with one attached hydrogen (secondary N) is 1. The summed E-state index contributed by atoms with van der Waals surface area (Å²) in [5.74, 6) is 0.504. The van der Waals surface area contributed by atoms with Crippen LogP contribution in [0.2, 0.25) is 5.02 Å². The lowest BCUT2D eigenvalue weighted by Gasteiger charge is -2.04. The molecule has 0 aliphatic heterocycles. The Labute approximate surface area is 138 Å². The molecule has 8 heteroatoms. The lowest BCUT2D eigenvalue weighted by molar-refractivity contribution is 0.598. The maximum atomic E-state index is 11.9. The van der Waals surface area contributed by atoms with Crippen molar-refractivity contribution in [3.8, 4) is 11.3 Å². The highest BCUT2D eigenvalue weighted by Crippen LogP contribution is 2.30. The van der Waals surface area contributed by atoms with E-state index >= 15 is 0 Å². The smallest absolute Gasteiger partial charge is 0.234 e. The van der Waals surface area contributed by atoms with Gasteiger partial charge in [-0.05, 0) is 18.9 Å². The molecule has 1 heterocycles. The second kappa shape index (κ2) is 7.45. The zero-order chi connectivity index (χ0) is 15.3.